The highest BCUT2D eigenvalue weighted by atomic mass is 32.1. The van der Waals surface area contributed by atoms with Gasteiger partial charge in [-0.05, 0) is 19.8 Å². The number of benzene rings is 1. The molecule has 0 spiro atoms. The van der Waals surface area contributed by atoms with Gasteiger partial charge < -0.3 is 24.6 Å². The van der Waals surface area contributed by atoms with Gasteiger partial charge in [0, 0.05) is 36.9 Å². The molecule has 3 aromatic rings. The molecule has 1 aliphatic rings. The minimum Gasteiger partial charge on any atom is -0.397 e. The smallest absolute Gasteiger partial charge is 0.397 e. The highest BCUT2D eigenvalue weighted by Gasteiger charge is 2.18. The number of aryl methyl sites for hydroxylation is 1. The topological polar surface area (TPSA) is 98.5 Å². The summed E-state index contributed by atoms with van der Waals surface area (Å²) in [6.45, 7) is 3.70. The van der Waals surface area contributed by atoms with E-state index in [1.807, 2.05) is 37.3 Å². The second kappa shape index (κ2) is 9.06. The van der Waals surface area contributed by atoms with Gasteiger partial charge in [-0.15, -0.1) is 0 Å². The second-order valence-electron chi connectivity index (χ2n) is 6.69. The fraction of sp³-hybridized carbons (Fsp3) is 0.350. The summed E-state index contributed by atoms with van der Waals surface area (Å²) in [5.74, 6) is 0.750. The predicted octanol–water partition coefficient (Wildman–Crippen LogP) is 3.99. The molecule has 1 fully saturated rings. The van der Waals surface area contributed by atoms with Crippen molar-refractivity contribution in [3.05, 3.63) is 47.9 Å². The standard InChI is InChI=1S/C20H22N4O4S/c1-13-16(18(24-28-13)14-5-3-2-4-6-14)11-21-19-22-12-17(29-19)27-20(25)23-15-7-9-26-10-8-15/h2-6,12,15H,7-11H2,1H3,(H,21,22)(H,23,25). The molecule has 8 nitrogen and oxygen atoms in total. The largest absolute Gasteiger partial charge is 0.413 e. The first-order valence-corrected chi connectivity index (χ1v) is 10.3. The van der Waals surface area contributed by atoms with Gasteiger partial charge in [-0.1, -0.05) is 46.8 Å². The van der Waals surface area contributed by atoms with Gasteiger partial charge in [-0.2, -0.15) is 0 Å². The maximum Gasteiger partial charge on any atom is 0.413 e. The molecule has 0 radical (unpaired) electrons. The first-order valence-electron chi connectivity index (χ1n) is 9.45. The lowest BCUT2D eigenvalue weighted by molar-refractivity contribution is 0.0779. The summed E-state index contributed by atoms with van der Waals surface area (Å²) < 4.78 is 16.0. The molecule has 1 aliphatic heterocycles. The number of aromatic nitrogens is 2. The van der Waals surface area contributed by atoms with E-state index < -0.39 is 6.09 Å². The Balaban J connectivity index is 1.34. The van der Waals surface area contributed by atoms with Crippen LogP contribution in [0.5, 0.6) is 5.06 Å². The lowest BCUT2D eigenvalue weighted by Crippen LogP contribution is -2.40. The Hall–Kier alpha value is -2.91. The van der Waals surface area contributed by atoms with Crippen LogP contribution in [-0.4, -0.2) is 35.5 Å². The van der Waals surface area contributed by atoms with Crippen molar-refractivity contribution in [3.8, 4) is 16.3 Å². The molecule has 152 valence electrons. The summed E-state index contributed by atoms with van der Waals surface area (Å²) in [5.41, 5.74) is 2.76. The third-order valence-electron chi connectivity index (χ3n) is 4.67. The maximum absolute atomic E-state index is 12.0. The Labute approximate surface area is 172 Å². The van der Waals surface area contributed by atoms with Gasteiger partial charge in [0.2, 0.25) is 5.06 Å². The molecular weight excluding hydrogens is 392 g/mol. The van der Waals surface area contributed by atoms with Crippen molar-refractivity contribution in [2.24, 2.45) is 0 Å². The molecule has 0 saturated carbocycles. The molecule has 2 aromatic heterocycles. The molecule has 1 amide bonds. The van der Waals surface area contributed by atoms with Crippen LogP contribution in [0.2, 0.25) is 0 Å². The Morgan fingerprint density at radius 2 is 2.07 bits per heavy atom. The van der Waals surface area contributed by atoms with Gasteiger partial charge in [0.25, 0.3) is 0 Å². The maximum atomic E-state index is 12.0. The summed E-state index contributed by atoms with van der Waals surface area (Å²) >= 11 is 1.27. The lowest BCUT2D eigenvalue weighted by Gasteiger charge is -2.22. The number of carbonyl (C=O) groups excluding carboxylic acids is 1. The summed E-state index contributed by atoms with van der Waals surface area (Å²) in [6, 6.07) is 9.97. The van der Waals surface area contributed by atoms with Crippen LogP contribution in [0.15, 0.2) is 41.1 Å². The van der Waals surface area contributed by atoms with Crippen LogP contribution in [0, 0.1) is 6.92 Å². The number of rotatable bonds is 6. The van der Waals surface area contributed by atoms with E-state index in [9.17, 15) is 4.79 Å². The van der Waals surface area contributed by atoms with Crippen LogP contribution in [-0.2, 0) is 11.3 Å². The number of hydrogen-bond acceptors (Lipinski definition) is 8. The summed E-state index contributed by atoms with van der Waals surface area (Å²) in [7, 11) is 0. The third-order valence-corrected chi connectivity index (χ3v) is 5.50. The zero-order valence-corrected chi connectivity index (χ0v) is 16.8. The van der Waals surface area contributed by atoms with E-state index in [-0.39, 0.29) is 6.04 Å². The van der Waals surface area contributed by atoms with E-state index in [1.165, 1.54) is 17.5 Å². The van der Waals surface area contributed by atoms with Gasteiger partial charge in [-0.25, -0.2) is 9.78 Å². The van der Waals surface area contributed by atoms with Gasteiger partial charge in [-0.3, -0.25) is 0 Å². The minimum atomic E-state index is -0.464. The van der Waals surface area contributed by atoms with Crippen LogP contribution in [0.4, 0.5) is 9.93 Å². The van der Waals surface area contributed by atoms with Crippen molar-refractivity contribution >= 4 is 22.6 Å². The number of thiazole rings is 1. The van der Waals surface area contributed by atoms with Crippen LogP contribution in [0.25, 0.3) is 11.3 Å². The number of amides is 1. The Morgan fingerprint density at radius 1 is 1.28 bits per heavy atom. The van der Waals surface area contributed by atoms with Crippen molar-refractivity contribution in [3.63, 3.8) is 0 Å². The zero-order valence-electron chi connectivity index (χ0n) is 16.0. The SMILES string of the molecule is Cc1onc(-c2ccccc2)c1CNc1ncc(OC(=O)NC2CCOCC2)s1. The Kier molecular flexibility index (Phi) is 6.06. The average molecular weight is 414 g/mol. The summed E-state index contributed by atoms with van der Waals surface area (Å²) in [4.78, 5) is 16.3. The van der Waals surface area contributed by atoms with Gasteiger partial charge >= 0.3 is 6.09 Å². The van der Waals surface area contributed by atoms with E-state index in [1.54, 1.807) is 0 Å². The normalized spacial score (nSPS) is 14.5. The molecule has 2 N–H and O–H groups in total. The van der Waals surface area contributed by atoms with E-state index >= 15 is 0 Å². The number of anilines is 1. The number of ether oxygens (including phenoxy) is 2. The number of carbonyl (C=O) groups is 1. The van der Waals surface area contributed by atoms with Crippen molar-refractivity contribution in [2.45, 2.75) is 32.4 Å². The van der Waals surface area contributed by atoms with Gasteiger partial charge in [0.05, 0.1) is 6.20 Å². The van der Waals surface area contributed by atoms with Crippen LogP contribution < -0.4 is 15.4 Å². The number of hydrogen-bond donors (Lipinski definition) is 2. The Morgan fingerprint density at radius 3 is 2.86 bits per heavy atom. The first-order chi connectivity index (χ1) is 14.2. The molecular formula is C20H22N4O4S. The molecule has 29 heavy (non-hydrogen) atoms. The molecule has 0 bridgehead atoms. The molecule has 9 heteroatoms. The van der Waals surface area contributed by atoms with Crippen molar-refractivity contribution in [1.29, 1.82) is 0 Å². The molecule has 0 atom stereocenters. The molecule has 4 rings (SSSR count). The van der Waals surface area contributed by atoms with Crippen LogP contribution in [0.1, 0.15) is 24.2 Å². The quantitative estimate of drug-likeness (QED) is 0.629. The monoisotopic (exact) mass is 414 g/mol. The van der Waals surface area contributed by atoms with Crippen molar-refractivity contribution in [1.82, 2.24) is 15.5 Å². The molecule has 0 aliphatic carbocycles. The summed E-state index contributed by atoms with van der Waals surface area (Å²) in [6.07, 6.45) is 2.67. The third kappa shape index (κ3) is 4.93. The van der Waals surface area contributed by atoms with E-state index in [4.69, 9.17) is 14.0 Å². The van der Waals surface area contributed by atoms with Crippen LogP contribution in [0.3, 0.4) is 0 Å². The van der Waals surface area contributed by atoms with Gasteiger partial charge in [0.1, 0.15) is 11.5 Å². The Bertz CT molecular complexity index is 951. The van der Waals surface area contributed by atoms with Crippen molar-refractivity contribution in [2.75, 3.05) is 18.5 Å². The fourth-order valence-corrected chi connectivity index (χ4v) is 3.77. The zero-order chi connectivity index (χ0) is 20.1. The molecule has 3 heterocycles. The lowest BCUT2D eigenvalue weighted by atomic mass is 10.1. The molecule has 0 unspecified atom stereocenters. The van der Waals surface area contributed by atoms with E-state index in [0.717, 1.165) is 35.4 Å². The molecule has 1 aromatic carbocycles. The number of nitrogens with one attached hydrogen (secondary N) is 2. The van der Waals surface area contributed by atoms with E-state index in [2.05, 4.69) is 20.8 Å². The minimum absolute atomic E-state index is 0.0924. The highest BCUT2D eigenvalue weighted by molar-refractivity contribution is 7.17. The fourth-order valence-electron chi connectivity index (χ4n) is 3.10. The second-order valence-corrected chi connectivity index (χ2v) is 7.68. The van der Waals surface area contributed by atoms with E-state index in [0.29, 0.717) is 30.0 Å². The van der Waals surface area contributed by atoms with Gasteiger partial charge in [0.15, 0.2) is 5.13 Å². The number of nitrogens with zero attached hydrogens (tertiary/aromatic N) is 2. The van der Waals surface area contributed by atoms with Crippen molar-refractivity contribution < 1.29 is 18.8 Å². The van der Waals surface area contributed by atoms with Crippen LogP contribution >= 0.6 is 11.3 Å². The summed E-state index contributed by atoms with van der Waals surface area (Å²) in [5, 5.41) is 11.4. The highest BCUT2D eigenvalue weighted by Crippen LogP contribution is 2.29. The first kappa shape index (κ1) is 19.4. The average Bonchev–Trinajstić information content (AvgIpc) is 3.34. The molecule has 1 saturated heterocycles. The predicted molar refractivity (Wildman–Crippen MR) is 109 cm³/mol.